The minimum absolute atomic E-state index is 0.192. The number of hydrogen-bond acceptors (Lipinski definition) is 2. The summed E-state index contributed by atoms with van der Waals surface area (Å²) in [7, 11) is 0. The molecular weight excluding hydrogens is 311 g/mol. The molecule has 1 unspecified atom stereocenters. The summed E-state index contributed by atoms with van der Waals surface area (Å²) in [6.07, 6.45) is 0. The molecule has 2 nitrogen and oxygen atoms in total. The number of nitrogens with zero attached hydrogens (tertiary/aromatic N) is 1. The van der Waals surface area contributed by atoms with E-state index in [4.69, 9.17) is 0 Å². The summed E-state index contributed by atoms with van der Waals surface area (Å²) in [5.41, 5.74) is 1.36. The van der Waals surface area contributed by atoms with Crippen LogP contribution in [-0.2, 0) is 4.79 Å². The lowest BCUT2D eigenvalue weighted by atomic mass is 10.1. The molecule has 0 bridgehead atoms. The SMILES string of the molecule is Cc1ccc(N2C(=O)CSC2c2ccc(F)c(F)c2)cc1F. The van der Waals surface area contributed by atoms with E-state index in [0.29, 0.717) is 16.8 Å². The summed E-state index contributed by atoms with van der Waals surface area (Å²) >= 11 is 1.30. The molecular formula is C16H12F3NOS. The zero-order valence-corrected chi connectivity index (χ0v) is 12.5. The Hall–Kier alpha value is -1.95. The highest BCUT2D eigenvalue weighted by Crippen LogP contribution is 2.42. The molecule has 114 valence electrons. The molecule has 3 rings (SSSR count). The predicted octanol–water partition coefficient (Wildman–Crippen LogP) is 4.19. The highest BCUT2D eigenvalue weighted by atomic mass is 32.2. The van der Waals surface area contributed by atoms with Gasteiger partial charge in [-0.2, -0.15) is 0 Å². The first-order valence-electron chi connectivity index (χ1n) is 6.62. The van der Waals surface area contributed by atoms with Gasteiger partial charge in [-0.15, -0.1) is 11.8 Å². The highest BCUT2D eigenvalue weighted by Gasteiger charge is 2.34. The maximum atomic E-state index is 13.8. The fourth-order valence-electron chi connectivity index (χ4n) is 2.35. The average Bonchev–Trinajstić information content (AvgIpc) is 2.87. The van der Waals surface area contributed by atoms with E-state index < -0.39 is 22.8 Å². The number of anilines is 1. The van der Waals surface area contributed by atoms with Crippen LogP contribution in [0.5, 0.6) is 0 Å². The van der Waals surface area contributed by atoms with Crippen LogP contribution in [0.1, 0.15) is 16.5 Å². The Balaban J connectivity index is 2.01. The van der Waals surface area contributed by atoms with Crippen LogP contribution in [0, 0.1) is 24.4 Å². The molecule has 2 aromatic carbocycles. The van der Waals surface area contributed by atoms with E-state index in [1.807, 2.05) is 0 Å². The quantitative estimate of drug-likeness (QED) is 0.826. The van der Waals surface area contributed by atoms with E-state index in [9.17, 15) is 18.0 Å². The maximum Gasteiger partial charge on any atom is 0.238 e. The van der Waals surface area contributed by atoms with Gasteiger partial charge in [-0.25, -0.2) is 13.2 Å². The number of halogens is 3. The zero-order chi connectivity index (χ0) is 15.9. The number of carbonyl (C=O) groups excluding carboxylic acids is 1. The molecule has 22 heavy (non-hydrogen) atoms. The topological polar surface area (TPSA) is 20.3 Å². The van der Waals surface area contributed by atoms with Crippen molar-refractivity contribution in [3.05, 3.63) is 65.0 Å². The molecule has 0 aromatic heterocycles. The van der Waals surface area contributed by atoms with Crippen molar-refractivity contribution in [3.8, 4) is 0 Å². The largest absolute Gasteiger partial charge is 0.295 e. The lowest BCUT2D eigenvalue weighted by Crippen LogP contribution is -2.28. The Morgan fingerprint density at radius 1 is 1.05 bits per heavy atom. The van der Waals surface area contributed by atoms with Crippen LogP contribution in [0.15, 0.2) is 36.4 Å². The van der Waals surface area contributed by atoms with Gasteiger partial charge in [0.15, 0.2) is 11.6 Å². The van der Waals surface area contributed by atoms with Crippen LogP contribution in [0.25, 0.3) is 0 Å². The van der Waals surface area contributed by atoms with Crippen LogP contribution in [-0.4, -0.2) is 11.7 Å². The molecule has 1 aliphatic rings. The van der Waals surface area contributed by atoms with Crippen LogP contribution < -0.4 is 4.90 Å². The van der Waals surface area contributed by atoms with Crippen molar-refractivity contribution in [1.82, 2.24) is 0 Å². The average molecular weight is 323 g/mol. The van der Waals surface area contributed by atoms with Crippen molar-refractivity contribution in [2.24, 2.45) is 0 Å². The van der Waals surface area contributed by atoms with Gasteiger partial charge in [0.2, 0.25) is 5.91 Å². The lowest BCUT2D eigenvalue weighted by molar-refractivity contribution is -0.115. The van der Waals surface area contributed by atoms with Crippen molar-refractivity contribution in [3.63, 3.8) is 0 Å². The van der Waals surface area contributed by atoms with E-state index in [1.165, 1.54) is 28.8 Å². The highest BCUT2D eigenvalue weighted by molar-refractivity contribution is 8.00. The minimum Gasteiger partial charge on any atom is -0.295 e. The molecule has 0 saturated carbocycles. The monoisotopic (exact) mass is 323 g/mol. The van der Waals surface area contributed by atoms with Crippen LogP contribution >= 0.6 is 11.8 Å². The molecule has 1 aliphatic heterocycles. The van der Waals surface area contributed by atoms with E-state index in [1.54, 1.807) is 19.1 Å². The van der Waals surface area contributed by atoms with Gasteiger partial charge in [0, 0.05) is 5.69 Å². The number of benzene rings is 2. The number of carbonyl (C=O) groups is 1. The van der Waals surface area contributed by atoms with Crippen LogP contribution in [0.4, 0.5) is 18.9 Å². The molecule has 1 amide bonds. The number of amides is 1. The lowest BCUT2D eigenvalue weighted by Gasteiger charge is -2.24. The molecule has 1 saturated heterocycles. The molecule has 2 aromatic rings. The third-order valence-corrected chi connectivity index (χ3v) is 4.74. The number of rotatable bonds is 2. The van der Waals surface area contributed by atoms with Gasteiger partial charge in [-0.05, 0) is 42.3 Å². The Bertz CT molecular complexity index is 750. The second-order valence-corrected chi connectivity index (χ2v) is 6.10. The van der Waals surface area contributed by atoms with Gasteiger partial charge in [-0.1, -0.05) is 12.1 Å². The van der Waals surface area contributed by atoms with Crippen molar-refractivity contribution in [2.45, 2.75) is 12.3 Å². The Morgan fingerprint density at radius 2 is 1.82 bits per heavy atom. The Labute approximate surface area is 129 Å². The smallest absolute Gasteiger partial charge is 0.238 e. The molecule has 0 radical (unpaired) electrons. The summed E-state index contributed by atoms with van der Waals surface area (Å²) in [6, 6.07) is 8.06. The minimum atomic E-state index is -0.965. The first-order valence-corrected chi connectivity index (χ1v) is 7.67. The van der Waals surface area contributed by atoms with Crippen LogP contribution in [0.2, 0.25) is 0 Å². The third-order valence-electron chi connectivity index (χ3n) is 3.53. The van der Waals surface area contributed by atoms with E-state index in [0.717, 1.165) is 12.1 Å². The normalized spacial score (nSPS) is 18.1. The van der Waals surface area contributed by atoms with Crippen molar-refractivity contribution in [1.29, 1.82) is 0 Å². The fraction of sp³-hybridized carbons (Fsp3) is 0.188. The third kappa shape index (κ3) is 2.59. The number of aryl methyl sites for hydroxylation is 1. The van der Waals surface area contributed by atoms with Gasteiger partial charge < -0.3 is 0 Å². The maximum absolute atomic E-state index is 13.8. The number of hydrogen-bond donors (Lipinski definition) is 0. The van der Waals surface area contributed by atoms with Gasteiger partial charge >= 0.3 is 0 Å². The molecule has 0 spiro atoms. The summed E-state index contributed by atoms with van der Waals surface area (Å²) in [4.78, 5) is 13.5. The summed E-state index contributed by atoms with van der Waals surface area (Å²) < 4.78 is 40.2. The molecule has 6 heteroatoms. The summed E-state index contributed by atoms with van der Waals surface area (Å²) in [5, 5.41) is -0.496. The zero-order valence-electron chi connectivity index (χ0n) is 11.6. The van der Waals surface area contributed by atoms with E-state index in [-0.39, 0.29) is 11.7 Å². The van der Waals surface area contributed by atoms with Crippen molar-refractivity contribution >= 4 is 23.4 Å². The van der Waals surface area contributed by atoms with Gasteiger partial charge in [-0.3, -0.25) is 9.69 Å². The predicted molar refractivity (Wildman–Crippen MR) is 80.2 cm³/mol. The Morgan fingerprint density at radius 3 is 2.50 bits per heavy atom. The molecule has 1 fully saturated rings. The molecule has 0 N–H and O–H groups in total. The first-order chi connectivity index (χ1) is 10.5. The van der Waals surface area contributed by atoms with Crippen molar-refractivity contribution in [2.75, 3.05) is 10.7 Å². The fourth-order valence-corrected chi connectivity index (χ4v) is 3.51. The molecule has 1 atom stereocenters. The van der Waals surface area contributed by atoms with Crippen LogP contribution in [0.3, 0.4) is 0 Å². The standard InChI is InChI=1S/C16H12F3NOS/c1-9-2-4-11(7-13(9)18)20-15(21)8-22-16(20)10-3-5-12(17)14(19)6-10/h2-7,16H,8H2,1H3. The second kappa shape index (κ2) is 5.68. The first kappa shape index (κ1) is 15.0. The number of thioether (sulfide) groups is 1. The van der Waals surface area contributed by atoms with Crippen molar-refractivity contribution < 1.29 is 18.0 Å². The van der Waals surface area contributed by atoms with E-state index >= 15 is 0 Å². The van der Waals surface area contributed by atoms with Gasteiger partial charge in [0.05, 0.1) is 5.75 Å². The summed E-state index contributed by atoms with van der Waals surface area (Å²) in [5.74, 6) is -2.30. The second-order valence-electron chi connectivity index (χ2n) is 5.03. The summed E-state index contributed by atoms with van der Waals surface area (Å²) in [6.45, 7) is 1.63. The Kier molecular flexibility index (Phi) is 3.87. The van der Waals surface area contributed by atoms with Gasteiger partial charge in [0.1, 0.15) is 11.2 Å². The van der Waals surface area contributed by atoms with E-state index in [2.05, 4.69) is 0 Å². The molecule has 1 heterocycles. The van der Waals surface area contributed by atoms with Gasteiger partial charge in [0.25, 0.3) is 0 Å². The molecule has 0 aliphatic carbocycles.